The van der Waals surface area contributed by atoms with Crippen molar-refractivity contribution in [3.05, 3.63) is 18.0 Å². The molecule has 0 aromatic carbocycles. The van der Waals surface area contributed by atoms with Crippen molar-refractivity contribution < 1.29 is 0 Å². The minimum Gasteiger partial charge on any atom is -0.341 e. The van der Waals surface area contributed by atoms with Gasteiger partial charge in [0.05, 0.1) is 0 Å². The van der Waals surface area contributed by atoms with Gasteiger partial charge >= 0.3 is 0 Å². The number of aromatic nitrogens is 2. The maximum Gasteiger partial charge on any atom is 0.225 e. The van der Waals surface area contributed by atoms with E-state index in [0.717, 1.165) is 31.0 Å². The first-order valence-electron chi connectivity index (χ1n) is 6.16. The van der Waals surface area contributed by atoms with Gasteiger partial charge in [-0.2, -0.15) is 0 Å². The van der Waals surface area contributed by atoms with Crippen LogP contribution in [0.2, 0.25) is 0 Å². The van der Waals surface area contributed by atoms with Crippen LogP contribution in [0, 0.1) is 0 Å². The van der Waals surface area contributed by atoms with E-state index in [9.17, 15) is 0 Å². The second kappa shape index (κ2) is 5.80. The fourth-order valence-electron chi connectivity index (χ4n) is 2.08. The van der Waals surface area contributed by atoms with Crippen LogP contribution < -0.4 is 10.6 Å². The smallest absolute Gasteiger partial charge is 0.225 e. The van der Waals surface area contributed by atoms with Crippen LogP contribution in [0.5, 0.6) is 0 Å². The molecule has 0 aliphatic carbocycles. The van der Waals surface area contributed by atoms with Gasteiger partial charge in [0, 0.05) is 25.5 Å². The summed E-state index contributed by atoms with van der Waals surface area (Å²) in [7, 11) is 0. The Morgan fingerprint density at radius 2 is 1.69 bits per heavy atom. The maximum atomic E-state index is 5.50. The Bertz CT molecular complexity index is 301. The summed E-state index contributed by atoms with van der Waals surface area (Å²) in [5.41, 5.74) is 6.62. The Morgan fingerprint density at radius 1 is 1.06 bits per heavy atom. The van der Waals surface area contributed by atoms with Crippen LogP contribution in [0.15, 0.2) is 12.4 Å². The standard InChI is InChI=1S/C12H20N4/c13-6-5-11-9-14-12(15-10-11)16-7-3-1-2-4-8-16/h9-10H,1-8,13H2. The highest BCUT2D eigenvalue weighted by Crippen LogP contribution is 2.14. The molecule has 1 aromatic rings. The number of hydrogen-bond donors (Lipinski definition) is 1. The van der Waals surface area contributed by atoms with Crippen molar-refractivity contribution in [1.29, 1.82) is 0 Å². The molecule has 1 fully saturated rings. The van der Waals surface area contributed by atoms with Crippen LogP contribution in [0.25, 0.3) is 0 Å². The molecule has 2 rings (SSSR count). The van der Waals surface area contributed by atoms with E-state index < -0.39 is 0 Å². The van der Waals surface area contributed by atoms with Crippen molar-refractivity contribution in [2.45, 2.75) is 32.1 Å². The largest absolute Gasteiger partial charge is 0.341 e. The zero-order chi connectivity index (χ0) is 11.2. The summed E-state index contributed by atoms with van der Waals surface area (Å²) in [6.07, 6.45) is 9.85. The number of rotatable bonds is 3. The third-order valence-electron chi connectivity index (χ3n) is 3.01. The zero-order valence-corrected chi connectivity index (χ0v) is 9.73. The third-order valence-corrected chi connectivity index (χ3v) is 3.01. The predicted octanol–water partition coefficient (Wildman–Crippen LogP) is 1.36. The van der Waals surface area contributed by atoms with Crippen molar-refractivity contribution >= 4 is 5.95 Å². The molecule has 1 aromatic heterocycles. The highest BCUT2D eigenvalue weighted by Gasteiger charge is 2.11. The number of nitrogens with zero attached hydrogens (tertiary/aromatic N) is 3. The van der Waals surface area contributed by atoms with Crippen LogP contribution >= 0.6 is 0 Å². The summed E-state index contributed by atoms with van der Waals surface area (Å²) >= 11 is 0. The molecule has 4 heteroatoms. The fraction of sp³-hybridized carbons (Fsp3) is 0.667. The lowest BCUT2D eigenvalue weighted by Gasteiger charge is -2.19. The molecule has 0 saturated carbocycles. The van der Waals surface area contributed by atoms with Crippen LogP contribution in [0.1, 0.15) is 31.2 Å². The van der Waals surface area contributed by atoms with Crippen LogP contribution in [-0.2, 0) is 6.42 Å². The molecule has 4 nitrogen and oxygen atoms in total. The molecule has 0 spiro atoms. The molecule has 0 unspecified atom stereocenters. The van der Waals surface area contributed by atoms with E-state index in [0.29, 0.717) is 6.54 Å². The first-order chi connectivity index (χ1) is 7.90. The Morgan fingerprint density at radius 3 is 2.25 bits per heavy atom. The van der Waals surface area contributed by atoms with E-state index in [-0.39, 0.29) is 0 Å². The molecular weight excluding hydrogens is 200 g/mol. The summed E-state index contributed by atoms with van der Waals surface area (Å²) in [4.78, 5) is 11.1. The molecule has 0 radical (unpaired) electrons. The molecule has 0 amide bonds. The fourth-order valence-corrected chi connectivity index (χ4v) is 2.08. The average Bonchev–Trinajstić information content (AvgIpc) is 2.59. The van der Waals surface area contributed by atoms with Gasteiger partial charge in [0.1, 0.15) is 0 Å². The van der Waals surface area contributed by atoms with E-state index in [1.54, 1.807) is 0 Å². The number of anilines is 1. The zero-order valence-electron chi connectivity index (χ0n) is 9.73. The van der Waals surface area contributed by atoms with Gasteiger partial charge in [0.15, 0.2) is 0 Å². The third kappa shape index (κ3) is 2.92. The van der Waals surface area contributed by atoms with Gasteiger partial charge in [-0.25, -0.2) is 9.97 Å². The van der Waals surface area contributed by atoms with Crippen LogP contribution in [-0.4, -0.2) is 29.6 Å². The Balaban J connectivity index is 2.01. The molecule has 1 saturated heterocycles. The second-order valence-electron chi connectivity index (χ2n) is 4.33. The average molecular weight is 220 g/mol. The summed E-state index contributed by atoms with van der Waals surface area (Å²) in [5, 5.41) is 0. The molecule has 88 valence electrons. The van der Waals surface area contributed by atoms with E-state index in [1.165, 1.54) is 25.7 Å². The molecule has 0 atom stereocenters. The molecule has 16 heavy (non-hydrogen) atoms. The van der Waals surface area contributed by atoms with E-state index in [1.807, 2.05) is 12.4 Å². The molecule has 2 N–H and O–H groups in total. The van der Waals surface area contributed by atoms with E-state index in [2.05, 4.69) is 14.9 Å². The molecule has 1 aliphatic heterocycles. The lowest BCUT2D eigenvalue weighted by molar-refractivity contribution is 0.726. The summed E-state index contributed by atoms with van der Waals surface area (Å²) in [5.74, 6) is 0.877. The minimum atomic E-state index is 0.659. The monoisotopic (exact) mass is 220 g/mol. The summed E-state index contributed by atoms with van der Waals surface area (Å²) < 4.78 is 0. The van der Waals surface area contributed by atoms with Gasteiger partial charge < -0.3 is 10.6 Å². The topological polar surface area (TPSA) is 55.0 Å². The Labute approximate surface area is 96.9 Å². The summed E-state index contributed by atoms with van der Waals surface area (Å²) in [6.45, 7) is 2.85. The summed E-state index contributed by atoms with van der Waals surface area (Å²) in [6, 6.07) is 0. The highest BCUT2D eigenvalue weighted by molar-refractivity contribution is 5.29. The number of nitrogens with two attached hydrogens (primary N) is 1. The lowest BCUT2D eigenvalue weighted by Crippen LogP contribution is -2.26. The van der Waals surface area contributed by atoms with Crippen molar-refractivity contribution in [1.82, 2.24) is 9.97 Å². The van der Waals surface area contributed by atoms with Gasteiger partial charge in [-0.1, -0.05) is 12.8 Å². The first-order valence-corrected chi connectivity index (χ1v) is 6.16. The predicted molar refractivity (Wildman–Crippen MR) is 65.5 cm³/mol. The van der Waals surface area contributed by atoms with Crippen molar-refractivity contribution in [3.63, 3.8) is 0 Å². The molecule has 1 aliphatic rings. The van der Waals surface area contributed by atoms with Gasteiger partial charge in [0.2, 0.25) is 5.95 Å². The van der Waals surface area contributed by atoms with Crippen LogP contribution in [0.3, 0.4) is 0 Å². The van der Waals surface area contributed by atoms with Crippen molar-refractivity contribution in [3.8, 4) is 0 Å². The van der Waals surface area contributed by atoms with E-state index in [4.69, 9.17) is 5.73 Å². The van der Waals surface area contributed by atoms with Gasteiger partial charge in [-0.15, -0.1) is 0 Å². The molecule has 2 heterocycles. The van der Waals surface area contributed by atoms with Gasteiger partial charge in [-0.05, 0) is 31.4 Å². The van der Waals surface area contributed by atoms with Crippen molar-refractivity contribution in [2.24, 2.45) is 5.73 Å². The van der Waals surface area contributed by atoms with Crippen LogP contribution in [0.4, 0.5) is 5.95 Å². The minimum absolute atomic E-state index is 0.659. The SMILES string of the molecule is NCCc1cnc(N2CCCCCC2)nc1. The quantitative estimate of drug-likeness (QED) is 0.835. The first kappa shape index (κ1) is 11.3. The number of hydrogen-bond acceptors (Lipinski definition) is 4. The Hall–Kier alpha value is -1.16. The highest BCUT2D eigenvalue weighted by atomic mass is 15.2. The Kier molecular flexibility index (Phi) is 4.10. The van der Waals surface area contributed by atoms with Crippen molar-refractivity contribution in [2.75, 3.05) is 24.5 Å². The normalized spacial score (nSPS) is 17.2. The second-order valence-corrected chi connectivity index (χ2v) is 4.33. The molecular formula is C12H20N4. The molecule has 0 bridgehead atoms. The lowest BCUT2D eigenvalue weighted by atomic mass is 10.2. The maximum absolute atomic E-state index is 5.50. The van der Waals surface area contributed by atoms with Gasteiger partial charge in [-0.3, -0.25) is 0 Å². The van der Waals surface area contributed by atoms with Gasteiger partial charge in [0.25, 0.3) is 0 Å². The van der Waals surface area contributed by atoms with E-state index >= 15 is 0 Å².